The normalized spacial score (nSPS) is 12.1. The van der Waals surface area contributed by atoms with Gasteiger partial charge in [-0.15, -0.1) is 0 Å². The van der Waals surface area contributed by atoms with Crippen molar-refractivity contribution >= 4 is 27.5 Å². The summed E-state index contributed by atoms with van der Waals surface area (Å²) in [6.07, 6.45) is 0. The average molecular weight is 401 g/mol. The molecule has 4 rings (SSSR count). The Morgan fingerprint density at radius 1 is 0.931 bits per heavy atom. The third-order valence-corrected chi connectivity index (χ3v) is 6.37. The number of fused-ring (bicyclic) bond motifs is 1. The highest BCUT2D eigenvalue weighted by molar-refractivity contribution is 7.16. The molecule has 0 bridgehead atoms. The maximum absolute atomic E-state index is 13.4. The third-order valence-electron chi connectivity index (χ3n) is 5.33. The fourth-order valence-electron chi connectivity index (χ4n) is 3.64. The highest BCUT2D eigenvalue weighted by Gasteiger charge is 2.22. The first-order valence-electron chi connectivity index (χ1n) is 9.87. The molecule has 1 aromatic heterocycles. The largest absolute Gasteiger partial charge is 0.317 e. The van der Waals surface area contributed by atoms with E-state index in [1.54, 1.807) is 11.3 Å². The second kappa shape index (κ2) is 8.18. The first-order valence-corrected chi connectivity index (χ1v) is 10.7. The highest BCUT2D eigenvalue weighted by atomic mass is 32.1. The molecule has 4 aromatic rings. The van der Waals surface area contributed by atoms with Crippen LogP contribution in [0.15, 0.2) is 77.8 Å². The molecule has 0 aliphatic heterocycles. The molecule has 0 spiro atoms. The molecule has 0 N–H and O–H groups in total. The molecule has 3 aromatic carbocycles. The summed E-state index contributed by atoms with van der Waals surface area (Å²) in [7, 11) is 0. The number of carbonyl (C=O) groups excluding carboxylic acids is 1. The Labute approximate surface area is 175 Å². The van der Waals surface area contributed by atoms with Crippen molar-refractivity contribution in [1.29, 1.82) is 0 Å². The van der Waals surface area contributed by atoms with E-state index in [2.05, 4.69) is 42.5 Å². The van der Waals surface area contributed by atoms with E-state index in [4.69, 9.17) is 0 Å². The lowest BCUT2D eigenvalue weighted by Gasteiger charge is -2.14. The molecular weight excluding hydrogens is 376 g/mol. The Morgan fingerprint density at radius 3 is 2.03 bits per heavy atom. The van der Waals surface area contributed by atoms with Crippen molar-refractivity contribution in [3.8, 4) is 0 Å². The van der Waals surface area contributed by atoms with Gasteiger partial charge in [0.1, 0.15) is 0 Å². The lowest BCUT2D eigenvalue weighted by molar-refractivity contribution is -0.118. The predicted molar refractivity (Wildman–Crippen MR) is 120 cm³/mol. The lowest BCUT2D eigenvalue weighted by atomic mass is 9.91. The number of benzene rings is 3. The molecular formula is C25H24N2OS. The summed E-state index contributed by atoms with van der Waals surface area (Å²) in [6, 6.07) is 24.2. The van der Waals surface area contributed by atoms with Gasteiger partial charge in [-0.3, -0.25) is 4.79 Å². The SMILES string of the molecule is CCn1c(=NC(=O)C(c2ccccc2)c2ccccc2)sc2cc(C)c(C)cc21. The molecule has 146 valence electrons. The van der Waals surface area contributed by atoms with Crippen LogP contribution in [0.3, 0.4) is 0 Å². The molecule has 0 aliphatic rings. The number of aromatic nitrogens is 1. The summed E-state index contributed by atoms with van der Waals surface area (Å²) < 4.78 is 3.30. The molecule has 0 saturated carbocycles. The summed E-state index contributed by atoms with van der Waals surface area (Å²) in [5, 5.41) is 0. The molecule has 0 fully saturated rings. The van der Waals surface area contributed by atoms with Gasteiger partial charge in [-0.1, -0.05) is 72.0 Å². The summed E-state index contributed by atoms with van der Waals surface area (Å²) in [4.78, 5) is 18.8. The van der Waals surface area contributed by atoms with Crippen LogP contribution in [0.4, 0.5) is 0 Å². The van der Waals surface area contributed by atoms with Gasteiger partial charge < -0.3 is 4.57 Å². The average Bonchev–Trinajstić information content (AvgIpc) is 3.05. The summed E-state index contributed by atoms with van der Waals surface area (Å²) in [5.41, 5.74) is 5.57. The van der Waals surface area contributed by atoms with E-state index in [1.165, 1.54) is 11.1 Å². The van der Waals surface area contributed by atoms with Crippen LogP contribution in [0, 0.1) is 13.8 Å². The van der Waals surface area contributed by atoms with E-state index >= 15 is 0 Å². The molecule has 0 saturated heterocycles. The number of carbonyl (C=O) groups is 1. The van der Waals surface area contributed by atoms with E-state index in [9.17, 15) is 4.79 Å². The monoisotopic (exact) mass is 400 g/mol. The second-order valence-corrected chi connectivity index (χ2v) is 8.25. The third kappa shape index (κ3) is 3.81. The van der Waals surface area contributed by atoms with Crippen molar-refractivity contribution < 1.29 is 4.79 Å². The maximum Gasteiger partial charge on any atom is 0.260 e. The molecule has 0 unspecified atom stereocenters. The Hall–Kier alpha value is -2.98. The first-order chi connectivity index (χ1) is 14.1. The quantitative estimate of drug-likeness (QED) is 0.439. The van der Waals surface area contributed by atoms with Gasteiger partial charge in [0.2, 0.25) is 0 Å². The summed E-state index contributed by atoms with van der Waals surface area (Å²) in [6.45, 7) is 7.11. The minimum atomic E-state index is -0.406. The van der Waals surface area contributed by atoms with Crippen LogP contribution in [-0.4, -0.2) is 10.5 Å². The van der Waals surface area contributed by atoms with Crippen molar-refractivity contribution in [2.24, 2.45) is 4.99 Å². The minimum Gasteiger partial charge on any atom is -0.317 e. The van der Waals surface area contributed by atoms with E-state index in [1.807, 2.05) is 60.7 Å². The first kappa shape index (κ1) is 19.3. The van der Waals surface area contributed by atoms with Gasteiger partial charge in [0, 0.05) is 6.54 Å². The van der Waals surface area contributed by atoms with Crippen molar-refractivity contribution in [2.75, 3.05) is 0 Å². The fourth-order valence-corrected chi connectivity index (χ4v) is 4.82. The van der Waals surface area contributed by atoms with Gasteiger partial charge in [0.15, 0.2) is 4.80 Å². The van der Waals surface area contributed by atoms with Crippen LogP contribution in [0.1, 0.15) is 35.1 Å². The van der Waals surface area contributed by atoms with Crippen LogP contribution < -0.4 is 4.80 Å². The number of hydrogen-bond acceptors (Lipinski definition) is 2. The fraction of sp³-hybridized carbons (Fsp3) is 0.200. The second-order valence-electron chi connectivity index (χ2n) is 7.24. The minimum absolute atomic E-state index is 0.135. The number of aryl methyl sites for hydroxylation is 3. The standard InChI is InChI=1S/C25H24N2OS/c1-4-27-21-15-17(2)18(3)16-22(21)29-25(27)26-24(28)23(19-11-7-5-8-12-19)20-13-9-6-10-14-20/h5-16,23H,4H2,1-3H3. The van der Waals surface area contributed by atoms with Gasteiger partial charge in [0.05, 0.1) is 16.1 Å². The number of nitrogens with zero attached hydrogens (tertiary/aromatic N) is 2. The zero-order valence-electron chi connectivity index (χ0n) is 16.9. The van der Waals surface area contributed by atoms with Crippen LogP contribution in [0.2, 0.25) is 0 Å². The lowest BCUT2D eigenvalue weighted by Crippen LogP contribution is -2.20. The van der Waals surface area contributed by atoms with Crippen molar-refractivity contribution in [1.82, 2.24) is 4.57 Å². The Kier molecular flexibility index (Phi) is 5.45. The zero-order valence-corrected chi connectivity index (χ0v) is 17.7. The van der Waals surface area contributed by atoms with Crippen LogP contribution in [0.5, 0.6) is 0 Å². The molecule has 0 atom stereocenters. The number of thiazole rings is 1. The smallest absolute Gasteiger partial charge is 0.260 e. The predicted octanol–water partition coefficient (Wildman–Crippen LogP) is 5.60. The maximum atomic E-state index is 13.4. The summed E-state index contributed by atoms with van der Waals surface area (Å²) in [5.74, 6) is -0.541. The summed E-state index contributed by atoms with van der Waals surface area (Å²) >= 11 is 1.58. The molecule has 29 heavy (non-hydrogen) atoms. The van der Waals surface area contributed by atoms with E-state index < -0.39 is 5.92 Å². The molecule has 4 heteroatoms. The Morgan fingerprint density at radius 2 is 1.48 bits per heavy atom. The van der Waals surface area contributed by atoms with Crippen molar-refractivity contribution in [3.05, 3.63) is 99.9 Å². The topological polar surface area (TPSA) is 34.4 Å². The van der Waals surface area contributed by atoms with Crippen molar-refractivity contribution in [2.45, 2.75) is 33.2 Å². The molecule has 1 heterocycles. The van der Waals surface area contributed by atoms with Gasteiger partial charge >= 0.3 is 0 Å². The molecule has 0 radical (unpaired) electrons. The zero-order chi connectivity index (χ0) is 20.4. The van der Waals surface area contributed by atoms with Gasteiger partial charge in [0.25, 0.3) is 5.91 Å². The highest BCUT2D eigenvalue weighted by Crippen LogP contribution is 2.26. The Balaban J connectivity index is 1.87. The van der Waals surface area contributed by atoms with Crippen LogP contribution in [-0.2, 0) is 11.3 Å². The Bertz CT molecular complexity index is 1180. The van der Waals surface area contributed by atoms with Crippen LogP contribution >= 0.6 is 11.3 Å². The van der Waals surface area contributed by atoms with Gasteiger partial charge in [-0.05, 0) is 55.2 Å². The van der Waals surface area contributed by atoms with Crippen LogP contribution in [0.25, 0.3) is 10.2 Å². The van der Waals surface area contributed by atoms with Gasteiger partial charge in [-0.2, -0.15) is 4.99 Å². The van der Waals surface area contributed by atoms with Crippen molar-refractivity contribution in [3.63, 3.8) is 0 Å². The molecule has 1 amide bonds. The van der Waals surface area contributed by atoms with E-state index in [0.717, 1.165) is 32.7 Å². The number of hydrogen-bond donors (Lipinski definition) is 0. The van der Waals surface area contributed by atoms with E-state index in [0.29, 0.717) is 0 Å². The van der Waals surface area contributed by atoms with E-state index in [-0.39, 0.29) is 5.91 Å². The van der Waals surface area contributed by atoms with Gasteiger partial charge in [-0.25, -0.2) is 0 Å². The molecule has 0 aliphatic carbocycles. The number of rotatable bonds is 4. The molecule has 3 nitrogen and oxygen atoms in total. The number of amides is 1.